The number of carbonyl (C=O) groups is 2. The summed E-state index contributed by atoms with van der Waals surface area (Å²) in [4.78, 5) is 37.6. The number of rotatable bonds is 10. The van der Waals surface area contributed by atoms with Crippen LogP contribution in [0.4, 0.5) is 48.5 Å². The maximum Gasteiger partial charge on any atom is 0.419 e. The van der Waals surface area contributed by atoms with Gasteiger partial charge in [-0.1, -0.05) is 12.1 Å². The number of amides is 3. The minimum absolute atomic E-state index is 0.121. The van der Waals surface area contributed by atoms with Crippen molar-refractivity contribution < 1.29 is 44.3 Å². The highest BCUT2D eigenvalue weighted by Gasteiger charge is 2.37. The first kappa shape index (κ1) is 39.9. The van der Waals surface area contributed by atoms with E-state index in [0.717, 1.165) is 49.8 Å². The van der Waals surface area contributed by atoms with Crippen LogP contribution in [0.5, 0.6) is 0 Å². The molecule has 0 spiro atoms. The largest absolute Gasteiger partial charge is 0.419 e. The molecule has 3 saturated heterocycles. The summed E-state index contributed by atoms with van der Waals surface area (Å²) in [6.45, 7) is 2.58. The smallest absolute Gasteiger partial charge is 0.369 e. The summed E-state index contributed by atoms with van der Waals surface area (Å²) in [5.41, 5.74) is 0.415. The molecule has 0 bridgehead atoms. The van der Waals surface area contributed by atoms with Gasteiger partial charge in [0.2, 0.25) is 21.9 Å². The maximum atomic E-state index is 13.8. The first-order valence-corrected chi connectivity index (χ1v) is 19.5. The molecule has 304 valence electrons. The lowest BCUT2D eigenvalue weighted by Gasteiger charge is -2.36. The molecular formula is C36H38F6N10O4S. The topological polar surface area (TPSA) is 149 Å². The molecule has 21 heteroatoms. The van der Waals surface area contributed by atoms with Crippen LogP contribution in [0.15, 0.2) is 72.0 Å². The van der Waals surface area contributed by atoms with Crippen LogP contribution < -0.4 is 20.4 Å². The number of urea groups is 1. The van der Waals surface area contributed by atoms with Gasteiger partial charge in [-0.15, -0.1) is 0 Å². The Morgan fingerprint density at radius 2 is 1.56 bits per heavy atom. The van der Waals surface area contributed by atoms with Gasteiger partial charge in [0.1, 0.15) is 12.1 Å². The molecule has 5 heterocycles. The number of halogens is 6. The Hall–Kier alpha value is -5.28. The molecule has 4 aromatic rings. The van der Waals surface area contributed by atoms with E-state index in [2.05, 4.69) is 35.5 Å². The van der Waals surface area contributed by atoms with Crippen LogP contribution in [0, 0.1) is 0 Å². The maximum absolute atomic E-state index is 13.8. The average Bonchev–Trinajstić information content (AvgIpc) is 3.62. The number of anilines is 3. The minimum Gasteiger partial charge on any atom is -0.369 e. The van der Waals surface area contributed by atoms with Crippen molar-refractivity contribution in [2.75, 3.05) is 60.9 Å². The summed E-state index contributed by atoms with van der Waals surface area (Å²) in [5.74, 6) is -0.470. The number of nitrogens with one attached hydrogen (secondary N) is 2. The number of carbonyl (C=O) groups excluding carboxylic acids is 2. The van der Waals surface area contributed by atoms with Gasteiger partial charge in [-0.05, 0) is 54.8 Å². The zero-order valence-electron chi connectivity index (χ0n) is 30.3. The molecule has 3 aliphatic rings. The SMILES string of the molecule is O=C1CCN(c2ccc(N3CCN(Cc4cccc(S(=O)(=O)N5CCC(Nc6ncc(C(F)(F)F)c(-c7cnn(CC(F)(F)F)c7)n6)CC5)c4)CC3)cc2)C(=O)N1. The number of hydrogen-bond acceptors (Lipinski definition) is 10. The number of sulfonamides is 1. The Balaban J connectivity index is 0.925. The van der Waals surface area contributed by atoms with Crippen molar-refractivity contribution in [2.24, 2.45) is 0 Å². The molecule has 3 fully saturated rings. The Bertz CT molecular complexity index is 2200. The van der Waals surface area contributed by atoms with Crippen molar-refractivity contribution in [1.82, 2.24) is 34.3 Å². The molecule has 0 unspecified atom stereocenters. The van der Waals surface area contributed by atoms with Crippen LogP contribution in [0.3, 0.4) is 0 Å². The fourth-order valence-electron chi connectivity index (χ4n) is 7.09. The van der Waals surface area contributed by atoms with Gasteiger partial charge in [-0.25, -0.2) is 23.2 Å². The number of alkyl halides is 6. The highest BCUT2D eigenvalue weighted by molar-refractivity contribution is 7.89. The Morgan fingerprint density at radius 1 is 0.860 bits per heavy atom. The molecule has 3 aliphatic heterocycles. The van der Waals surface area contributed by atoms with Crippen LogP contribution >= 0.6 is 0 Å². The van der Waals surface area contributed by atoms with Gasteiger partial charge in [0.25, 0.3) is 0 Å². The van der Waals surface area contributed by atoms with Gasteiger partial charge >= 0.3 is 18.4 Å². The second-order valence-corrected chi connectivity index (χ2v) is 15.9. The first-order valence-electron chi connectivity index (χ1n) is 18.1. The predicted molar refractivity (Wildman–Crippen MR) is 196 cm³/mol. The van der Waals surface area contributed by atoms with Crippen molar-refractivity contribution in [3.63, 3.8) is 0 Å². The summed E-state index contributed by atoms with van der Waals surface area (Å²) >= 11 is 0. The van der Waals surface area contributed by atoms with E-state index in [1.807, 2.05) is 30.3 Å². The van der Waals surface area contributed by atoms with E-state index < -0.39 is 46.2 Å². The monoisotopic (exact) mass is 820 g/mol. The number of imide groups is 1. The summed E-state index contributed by atoms with van der Waals surface area (Å²) in [6, 6.07) is 13.6. The number of aromatic nitrogens is 4. The number of hydrogen-bond donors (Lipinski definition) is 2. The standard InChI is InChI=1S/C36H38F6N10O4S/c37-35(38,39)23-50-22-25(19-44-50)32-30(36(40,41)42)20-43-33(47-32)45-26-8-11-51(12-9-26)57(55,56)29-3-1-2-24(18-29)21-48-14-16-49(17-15-48)27-4-6-28(7-5-27)52-13-10-31(53)46-34(52)54/h1-7,18-20,22,26H,8-17,21,23H2,(H,43,45,47)(H,46,53,54). The number of piperidine rings is 1. The van der Waals surface area contributed by atoms with Crippen LogP contribution in [0.1, 0.15) is 30.4 Å². The van der Waals surface area contributed by atoms with Gasteiger partial charge in [0.05, 0.1) is 16.8 Å². The quantitative estimate of drug-likeness (QED) is 0.211. The second-order valence-electron chi connectivity index (χ2n) is 14.0. The lowest BCUT2D eigenvalue weighted by atomic mass is 10.1. The first-order chi connectivity index (χ1) is 27.0. The molecule has 14 nitrogen and oxygen atoms in total. The third kappa shape index (κ3) is 9.48. The van der Waals surface area contributed by atoms with Crippen LogP contribution in [0.2, 0.25) is 0 Å². The summed E-state index contributed by atoms with van der Waals surface area (Å²) in [6.07, 6.45) is -6.41. The number of nitrogens with zero attached hydrogens (tertiary/aromatic N) is 8. The molecule has 2 aromatic carbocycles. The fraction of sp³-hybridized carbons (Fsp3) is 0.417. The Kier molecular flexibility index (Phi) is 11.2. The third-order valence-corrected chi connectivity index (χ3v) is 11.9. The zero-order chi connectivity index (χ0) is 40.5. The summed E-state index contributed by atoms with van der Waals surface area (Å²) in [5, 5.41) is 8.82. The van der Waals surface area contributed by atoms with E-state index in [4.69, 9.17) is 0 Å². The highest BCUT2D eigenvalue weighted by atomic mass is 32.2. The molecular weight excluding hydrogens is 783 g/mol. The Morgan fingerprint density at radius 3 is 2.23 bits per heavy atom. The van der Waals surface area contributed by atoms with Crippen molar-refractivity contribution in [3.8, 4) is 11.3 Å². The van der Waals surface area contributed by atoms with Gasteiger partial charge in [-0.2, -0.15) is 35.7 Å². The third-order valence-electron chi connectivity index (χ3n) is 10.0. The van der Waals surface area contributed by atoms with Crippen LogP contribution in [-0.4, -0.2) is 107 Å². The van der Waals surface area contributed by atoms with E-state index in [9.17, 15) is 44.3 Å². The normalized spacial score (nSPS) is 18.2. The van der Waals surface area contributed by atoms with Crippen molar-refractivity contribution >= 4 is 39.3 Å². The van der Waals surface area contributed by atoms with Crippen molar-refractivity contribution in [2.45, 2.75) is 55.6 Å². The van der Waals surface area contributed by atoms with E-state index in [-0.39, 0.29) is 47.9 Å². The Labute approximate surface area is 323 Å². The molecule has 2 aromatic heterocycles. The van der Waals surface area contributed by atoms with Crippen LogP contribution in [-0.2, 0) is 34.1 Å². The van der Waals surface area contributed by atoms with E-state index >= 15 is 0 Å². The molecule has 0 radical (unpaired) electrons. The summed E-state index contributed by atoms with van der Waals surface area (Å²) in [7, 11) is -3.87. The fourth-order valence-corrected chi connectivity index (χ4v) is 8.63. The van der Waals surface area contributed by atoms with Gasteiger partial charge in [0, 0.05) is 94.2 Å². The van der Waals surface area contributed by atoms with Crippen molar-refractivity contribution in [1.29, 1.82) is 0 Å². The predicted octanol–water partition coefficient (Wildman–Crippen LogP) is 4.95. The second kappa shape index (κ2) is 15.9. The molecule has 7 rings (SSSR count). The van der Waals surface area contributed by atoms with E-state index in [0.29, 0.717) is 42.5 Å². The van der Waals surface area contributed by atoms with Gasteiger partial charge in [0.15, 0.2) is 0 Å². The molecule has 0 aliphatic carbocycles. The molecule has 2 N–H and O–H groups in total. The van der Waals surface area contributed by atoms with E-state index in [1.165, 1.54) is 9.21 Å². The van der Waals surface area contributed by atoms with Gasteiger partial charge < -0.3 is 10.2 Å². The lowest BCUT2D eigenvalue weighted by Crippen LogP contribution is -2.49. The van der Waals surface area contributed by atoms with Crippen molar-refractivity contribution in [3.05, 3.63) is 78.2 Å². The number of piperazine rings is 1. The number of benzene rings is 2. The molecule has 3 amide bonds. The highest BCUT2D eigenvalue weighted by Crippen LogP contribution is 2.36. The van der Waals surface area contributed by atoms with E-state index in [1.54, 1.807) is 18.2 Å². The summed E-state index contributed by atoms with van der Waals surface area (Å²) < 4.78 is 109. The average molecular weight is 821 g/mol. The molecule has 0 atom stereocenters. The van der Waals surface area contributed by atoms with Crippen LogP contribution in [0.25, 0.3) is 11.3 Å². The molecule has 57 heavy (non-hydrogen) atoms. The van der Waals surface area contributed by atoms with Gasteiger partial charge in [-0.3, -0.25) is 24.6 Å². The minimum atomic E-state index is -4.89. The zero-order valence-corrected chi connectivity index (χ0v) is 31.1. The molecule has 0 saturated carbocycles. The lowest BCUT2D eigenvalue weighted by molar-refractivity contribution is -0.142.